The zero-order valence-electron chi connectivity index (χ0n) is 27.7. The zero-order chi connectivity index (χ0) is 34.8. The summed E-state index contributed by atoms with van der Waals surface area (Å²) < 4.78 is 50.1. The summed E-state index contributed by atoms with van der Waals surface area (Å²) in [5.74, 6) is -1.45. The molecule has 0 spiro atoms. The minimum Gasteiger partial charge on any atom is -0.473 e. The Bertz CT molecular complexity index is 2000. The molecule has 12 nitrogen and oxygen atoms in total. The summed E-state index contributed by atoms with van der Waals surface area (Å²) >= 11 is 0.978. The van der Waals surface area contributed by atoms with E-state index in [1.807, 2.05) is 4.90 Å². The maximum absolute atomic E-state index is 17.0. The number of hydrogen-bond donors (Lipinski definition) is 3. The topological polar surface area (TPSA) is 148 Å². The van der Waals surface area contributed by atoms with Crippen LogP contribution < -0.4 is 20.7 Å². The fourth-order valence-electron chi connectivity index (χ4n) is 7.71. The number of hydrogen-bond acceptors (Lipinski definition) is 12. The number of carbonyl (C=O) groups excluding carboxylic acids is 1. The summed E-state index contributed by atoms with van der Waals surface area (Å²) in [7, 11) is 0. The maximum atomic E-state index is 17.0. The minimum atomic E-state index is -1.40. The molecular formula is C35H39F2N7O5S. The van der Waals surface area contributed by atoms with Gasteiger partial charge in [-0.1, -0.05) is 17.9 Å². The Morgan fingerprint density at radius 3 is 2.72 bits per heavy atom. The Balaban J connectivity index is 1.28. The van der Waals surface area contributed by atoms with Crippen LogP contribution in [-0.2, 0) is 19.9 Å². The van der Waals surface area contributed by atoms with Crippen molar-refractivity contribution in [2.24, 2.45) is 5.41 Å². The van der Waals surface area contributed by atoms with Gasteiger partial charge in [0.1, 0.15) is 23.1 Å². The van der Waals surface area contributed by atoms with Crippen molar-refractivity contribution >= 4 is 49.2 Å². The van der Waals surface area contributed by atoms with E-state index in [0.717, 1.165) is 43.8 Å². The molecule has 6 heterocycles. The van der Waals surface area contributed by atoms with Crippen molar-refractivity contribution in [2.75, 3.05) is 69.8 Å². The highest BCUT2D eigenvalue weighted by atomic mass is 32.1. The number of pyridine rings is 2. The number of nitrogens with one attached hydrogen (secondary N) is 1. The van der Waals surface area contributed by atoms with E-state index in [9.17, 15) is 14.3 Å². The Kier molecular flexibility index (Phi) is 8.38. The Hall–Kier alpha value is -4.02. The van der Waals surface area contributed by atoms with Crippen molar-refractivity contribution in [3.63, 3.8) is 0 Å². The number of ether oxygens (including phenoxy) is 3. The van der Waals surface area contributed by atoms with Gasteiger partial charge in [0, 0.05) is 61.7 Å². The number of nitrogens with zero attached hydrogens (tertiary/aromatic N) is 5. The van der Waals surface area contributed by atoms with Crippen LogP contribution in [0.5, 0.6) is 5.88 Å². The van der Waals surface area contributed by atoms with Crippen LogP contribution in [0.2, 0.25) is 0 Å². The van der Waals surface area contributed by atoms with Crippen LogP contribution in [0, 0.1) is 17.0 Å². The van der Waals surface area contributed by atoms with Gasteiger partial charge in [-0.05, 0) is 38.0 Å². The van der Waals surface area contributed by atoms with E-state index < -0.39 is 23.3 Å². The number of amides is 1. The highest BCUT2D eigenvalue weighted by Gasteiger charge is 2.56. The fourth-order valence-corrected chi connectivity index (χ4v) is 8.48. The van der Waals surface area contributed by atoms with Crippen molar-refractivity contribution < 1.29 is 32.9 Å². The summed E-state index contributed by atoms with van der Waals surface area (Å²) in [5.41, 5.74) is 5.69. The van der Waals surface area contributed by atoms with Gasteiger partial charge < -0.3 is 35.3 Å². The van der Waals surface area contributed by atoms with Crippen LogP contribution in [0.25, 0.3) is 32.4 Å². The Morgan fingerprint density at radius 1 is 1.18 bits per heavy atom. The van der Waals surface area contributed by atoms with Crippen LogP contribution in [0.4, 0.5) is 19.6 Å². The van der Waals surface area contributed by atoms with Crippen LogP contribution in [0.3, 0.4) is 0 Å². The maximum Gasteiger partial charge on any atom is 0.243 e. The molecule has 1 aromatic carbocycles. The van der Waals surface area contributed by atoms with Crippen LogP contribution >= 0.6 is 11.3 Å². The molecule has 0 radical (unpaired) electrons. The predicted octanol–water partition coefficient (Wildman–Crippen LogP) is 3.75. The van der Waals surface area contributed by atoms with Gasteiger partial charge in [0.2, 0.25) is 11.8 Å². The second-order valence-corrected chi connectivity index (χ2v) is 14.9. The lowest BCUT2D eigenvalue weighted by Crippen LogP contribution is -2.49. The lowest BCUT2D eigenvalue weighted by atomic mass is 9.80. The lowest BCUT2D eigenvalue weighted by Gasteiger charge is -2.43. The van der Waals surface area contributed by atoms with E-state index in [0.29, 0.717) is 56.0 Å². The molecule has 3 aliphatic heterocycles. The second kappa shape index (κ2) is 12.6. The lowest BCUT2D eigenvalue weighted by molar-refractivity contribution is -0.117. The fraction of sp³-hybridized carbons (Fsp3) is 0.486. The van der Waals surface area contributed by atoms with Crippen LogP contribution in [-0.4, -0.2) is 102 Å². The number of halogens is 2. The van der Waals surface area contributed by atoms with E-state index >= 15 is 4.39 Å². The standard InChI is InChI=1S/C35H39F2N7O5S/c1-3-24(45)40-19-16-44(10-13-48-17-19)30-21-15-39-27(20-4-5-22(36)31-29(20)42-33(38)50-31)26(37)28(21)41-32-25(30)34(2,46)14-23(49-32)35(6-7-35)18-43-8-11-47-12-9-43/h3-5,15,19,23,46H,1,6-14,16-18H2,2H3,(H2,38,42)(H,40,45)/t19-,23+,34-/m1/s1. The number of morpholine rings is 1. The number of nitrogen functional groups attached to an aromatic ring is 1. The molecule has 3 atom stereocenters. The molecule has 0 bridgehead atoms. The largest absolute Gasteiger partial charge is 0.473 e. The zero-order valence-corrected chi connectivity index (χ0v) is 28.5. The molecule has 3 aromatic heterocycles. The molecule has 264 valence electrons. The summed E-state index contributed by atoms with van der Waals surface area (Å²) in [6.45, 7) is 10.4. The third-order valence-corrected chi connectivity index (χ3v) is 11.3. The molecule has 15 heteroatoms. The minimum absolute atomic E-state index is 0.0178. The van der Waals surface area contributed by atoms with Gasteiger partial charge >= 0.3 is 0 Å². The van der Waals surface area contributed by atoms with Crippen LogP contribution in [0.1, 0.15) is 31.7 Å². The van der Waals surface area contributed by atoms with E-state index in [1.165, 1.54) is 24.4 Å². The Morgan fingerprint density at radius 2 is 1.96 bits per heavy atom. The molecule has 0 unspecified atom stereocenters. The first-order valence-electron chi connectivity index (χ1n) is 16.9. The summed E-state index contributed by atoms with van der Waals surface area (Å²) in [6, 6.07) is 2.26. The first-order chi connectivity index (χ1) is 24.1. The monoisotopic (exact) mass is 707 g/mol. The third kappa shape index (κ3) is 5.84. The molecule has 1 amide bonds. The van der Waals surface area contributed by atoms with Gasteiger partial charge in [0.05, 0.1) is 59.5 Å². The van der Waals surface area contributed by atoms with Crippen molar-refractivity contribution in [3.05, 3.63) is 48.2 Å². The van der Waals surface area contributed by atoms with E-state index in [2.05, 4.69) is 26.8 Å². The summed E-state index contributed by atoms with van der Waals surface area (Å²) in [5, 5.41) is 15.8. The van der Waals surface area contributed by atoms with Crippen molar-refractivity contribution in [1.29, 1.82) is 0 Å². The number of fused-ring (bicyclic) bond motifs is 3. The molecule has 1 aliphatic carbocycles. The normalized spacial score (nSPS) is 25.2. The molecule has 4 aromatic rings. The number of thiazole rings is 1. The number of carbonyl (C=O) groups is 1. The van der Waals surface area contributed by atoms with Gasteiger partial charge in [0.15, 0.2) is 10.9 Å². The van der Waals surface area contributed by atoms with Crippen molar-refractivity contribution in [1.82, 2.24) is 25.2 Å². The highest BCUT2D eigenvalue weighted by Crippen LogP contribution is 2.57. The molecule has 3 fully saturated rings. The number of aromatic nitrogens is 3. The number of anilines is 2. The number of benzene rings is 1. The van der Waals surface area contributed by atoms with Gasteiger partial charge in [-0.3, -0.25) is 14.7 Å². The SMILES string of the molecule is C=CC(=O)N[C@H]1COCCN(c2c3c(nc4c(F)c(-c5ccc(F)c6sc(N)nc56)ncc24)O[C@H](C2(CN4CCOCC4)CC2)C[C@@]3(C)O)C1. The van der Waals surface area contributed by atoms with Gasteiger partial charge in [-0.2, -0.15) is 0 Å². The van der Waals surface area contributed by atoms with Crippen molar-refractivity contribution in [3.8, 4) is 17.1 Å². The molecule has 4 N–H and O–H groups in total. The van der Waals surface area contributed by atoms with Gasteiger partial charge in [-0.15, -0.1) is 0 Å². The Labute approximate surface area is 291 Å². The average Bonchev–Trinajstić information content (AvgIpc) is 3.82. The van der Waals surface area contributed by atoms with Crippen LogP contribution in [0.15, 0.2) is 31.0 Å². The highest BCUT2D eigenvalue weighted by molar-refractivity contribution is 7.22. The van der Waals surface area contributed by atoms with Gasteiger partial charge in [-0.25, -0.2) is 18.7 Å². The molecule has 50 heavy (non-hydrogen) atoms. The molecule has 2 saturated heterocycles. The number of nitrogens with two attached hydrogens (primary N) is 1. The smallest absolute Gasteiger partial charge is 0.243 e. The quantitative estimate of drug-likeness (QED) is 0.241. The first kappa shape index (κ1) is 33.1. The van der Waals surface area contributed by atoms with E-state index in [4.69, 9.17) is 24.9 Å². The molecule has 4 aliphatic rings. The van der Waals surface area contributed by atoms with Crippen molar-refractivity contribution in [2.45, 2.75) is 43.9 Å². The number of rotatable bonds is 7. The average molecular weight is 708 g/mol. The van der Waals surface area contributed by atoms with E-state index in [-0.39, 0.29) is 62.0 Å². The molecular weight excluding hydrogens is 668 g/mol. The van der Waals surface area contributed by atoms with Gasteiger partial charge in [0.25, 0.3) is 0 Å². The predicted molar refractivity (Wildman–Crippen MR) is 185 cm³/mol. The molecule has 8 rings (SSSR count). The van der Waals surface area contributed by atoms with E-state index in [1.54, 1.807) is 6.92 Å². The third-order valence-electron chi connectivity index (χ3n) is 10.4. The number of aliphatic hydroxyl groups is 1. The second-order valence-electron chi connectivity index (χ2n) is 13.9. The first-order valence-corrected chi connectivity index (χ1v) is 17.7. The molecule has 1 saturated carbocycles. The summed E-state index contributed by atoms with van der Waals surface area (Å²) in [4.78, 5) is 30.3. The summed E-state index contributed by atoms with van der Waals surface area (Å²) in [6.07, 6.45) is 4.55.